The summed E-state index contributed by atoms with van der Waals surface area (Å²) >= 11 is 6.10. The fraction of sp³-hybridized carbons (Fsp3) is 0.0500. The van der Waals surface area contributed by atoms with Crippen LogP contribution in [-0.4, -0.2) is 17.2 Å². The molecule has 3 rings (SSSR count). The highest BCUT2D eigenvalue weighted by molar-refractivity contribution is 6.31. The van der Waals surface area contributed by atoms with Crippen molar-refractivity contribution in [2.24, 2.45) is 5.73 Å². The summed E-state index contributed by atoms with van der Waals surface area (Å²) in [6.45, 7) is 0. The number of nitrogens with zero attached hydrogens (tertiary/aromatic N) is 1. The number of carbonyl (C=O) groups excluding carboxylic acids is 2. The van der Waals surface area contributed by atoms with E-state index in [1.807, 2.05) is 0 Å². The molecule has 1 unspecified atom stereocenters. The van der Waals surface area contributed by atoms with E-state index >= 15 is 0 Å². The second kappa shape index (κ2) is 7.45. The van der Waals surface area contributed by atoms with Gasteiger partial charge >= 0.3 is 0 Å². The Morgan fingerprint density at radius 1 is 1.08 bits per heavy atom. The number of hydrogen-bond acceptors (Lipinski definition) is 3. The molecule has 0 aliphatic heterocycles. The van der Waals surface area contributed by atoms with Gasteiger partial charge in [-0.25, -0.2) is 4.39 Å². The summed E-state index contributed by atoms with van der Waals surface area (Å²) in [5.74, 6) is -2.56. The molecule has 0 aliphatic rings. The minimum atomic E-state index is -1.15. The van der Waals surface area contributed by atoms with Crippen molar-refractivity contribution < 1.29 is 14.0 Å². The molecule has 26 heavy (non-hydrogen) atoms. The lowest BCUT2D eigenvalue weighted by Gasteiger charge is -2.17. The monoisotopic (exact) mass is 368 g/mol. The Kier molecular flexibility index (Phi) is 5.09. The minimum absolute atomic E-state index is 0.0185. The normalized spacial score (nSPS) is 11.8. The van der Waals surface area contributed by atoms with E-state index in [-0.39, 0.29) is 16.3 Å². The summed E-state index contributed by atoms with van der Waals surface area (Å²) in [6.07, 6.45) is 0.725. The average molecular weight is 369 g/mol. The molecule has 1 heterocycles. The molecule has 0 bridgehead atoms. The van der Waals surface area contributed by atoms with Gasteiger partial charge in [-0.3, -0.25) is 14.6 Å². The molecular formula is C20H14ClFN2O2. The fourth-order valence-electron chi connectivity index (χ4n) is 2.82. The molecule has 0 radical (unpaired) electrons. The Morgan fingerprint density at radius 2 is 1.81 bits per heavy atom. The molecule has 1 atom stereocenters. The molecule has 0 saturated carbocycles. The molecular weight excluding hydrogens is 355 g/mol. The maximum absolute atomic E-state index is 14.3. The molecule has 3 aromatic rings. The molecule has 0 fully saturated rings. The van der Waals surface area contributed by atoms with Crippen molar-refractivity contribution in [3.63, 3.8) is 0 Å². The number of hydrogen-bond donors (Lipinski definition) is 1. The second-order valence-electron chi connectivity index (χ2n) is 5.62. The number of rotatable bonds is 5. The van der Waals surface area contributed by atoms with Crippen molar-refractivity contribution in [3.05, 3.63) is 88.3 Å². The molecule has 2 N–H and O–H groups in total. The van der Waals surface area contributed by atoms with E-state index in [1.54, 1.807) is 42.5 Å². The summed E-state index contributed by atoms with van der Waals surface area (Å²) in [5.41, 5.74) is 7.29. The maximum atomic E-state index is 14.3. The third-order valence-corrected chi connectivity index (χ3v) is 4.33. The zero-order valence-electron chi connectivity index (χ0n) is 13.5. The van der Waals surface area contributed by atoms with Crippen molar-refractivity contribution in [2.75, 3.05) is 0 Å². The summed E-state index contributed by atoms with van der Waals surface area (Å²) in [7, 11) is 0. The molecule has 2 aromatic carbocycles. The number of halogens is 2. The molecule has 0 saturated heterocycles. The minimum Gasteiger partial charge on any atom is -0.369 e. The van der Waals surface area contributed by atoms with Crippen LogP contribution >= 0.6 is 11.6 Å². The second-order valence-corrected chi connectivity index (χ2v) is 6.03. The summed E-state index contributed by atoms with van der Waals surface area (Å²) in [6, 6.07) is 16.0. The van der Waals surface area contributed by atoms with Crippen molar-refractivity contribution in [1.82, 2.24) is 4.98 Å². The van der Waals surface area contributed by atoms with Crippen LogP contribution in [0.2, 0.25) is 5.02 Å². The van der Waals surface area contributed by atoms with Gasteiger partial charge in [-0.05, 0) is 24.3 Å². The quantitative estimate of drug-likeness (QED) is 0.692. The van der Waals surface area contributed by atoms with Gasteiger partial charge in [0.25, 0.3) is 0 Å². The highest BCUT2D eigenvalue weighted by atomic mass is 35.5. The van der Waals surface area contributed by atoms with Crippen LogP contribution in [0.3, 0.4) is 0 Å². The first-order valence-corrected chi connectivity index (χ1v) is 8.15. The van der Waals surface area contributed by atoms with E-state index in [0.29, 0.717) is 16.8 Å². The van der Waals surface area contributed by atoms with Gasteiger partial charge < -0.3 is 5.73 Å². The van der Waals surface area contributed by atoms with Gasteiger partial charge in [0.05, 0.1) is 11.4 Å². The Bertz CT molecular complexity index is 971. The third kappa shape index (κ3) is 3.34. The van der Waals surface area contributed by atoms with Crippen molar-refractivity contribution in [3.8, 4) is 11.3 Å². The van der Waals surface area contributed by atoms with Gasteiger partial charge in [0.15, 0.2) is 6.29 Å². The number of amides is 1. The molecule has 4 nitrogen and oxygen atoms in total. The Labute approximate surface area is 154 Å². The predicted molar refractivity (Wildman–Crippen MR) is 97.5 cm³/mol. The van der Waals surface area contributed by atoms with E-state index in [1.165, 1.54) is 18.2 Å². The van der Waals surface area contributed by atoms with Gasteiger partial charge in [-0.1, -0.05) is 48.0 Å². The average Bonchev–Trinajstić information content (AvgIpc) is 2.64. The highest BCUT2D eigenvalue weighted by Gasteiger charge is 2.27. The fourth-order valence-corrected chi connectivity index (χ4v) is 3.09. The van der Waals surface area contributed by atoms with Crippen molar-refractivity contribution >= 4 is 23.8 Å². The van der Waals surface area contributed by atoms with Crippen molar-refractivity contribution in [1.29, 1.82) is 0 Å². The summed E-state index contributed by atoms with van der Waals surface area (Å²) in [5, 5.41) is 0.0919. The molecule has 1 aromatic heterocycles. The first-order valence-electron chi connectivity index (χ1n) is 7.77. The third-order valence-electron chi connectivity index (χ3n) is 4.00. The number of aromatic nitrogens is 1. The molecule has 0 aliphatic carbocycles. The lowest BCUT2D eigenvalue weighted by Crippen LogP contribution is -2.24. The van der Waals surface area contributed by atoms with Crippen LogP contribution in [0.1, 0.15) is 27.5 Å². The van der Waals surface area contributed by atoms with E-state index in [0.717, 1.165) is 6.29 Å². The molecule has 130 valence electrons. The van der Waals surface area contributed by atoms with Crippen LogP contribution in [0.25, 0.3) is 11.3 Å². The van der Waals surface area contributed by atoms with Gasteiger partial charge in [0.2, 0.25) is 5.91 Å². The van der Waals surface area contributed by atoms with Crippen LogP contribution in [0.15, 0.2) is 60.7 Å². The maximum Gasteiger partial charge on any atom is 0.231 e. The lowest BCUT2D eigenvalue weighted by molar-refractivity contribution is -0.118. The van der Waals surface area contributed by atoms with Crippen LogP contribution in [-0.2, 0) is 4.79 Å². The van der Waals surface area contributed by atoms with E-state index in [2.05, 4.69) is 4.98 Å². The zero-order valence-corrected chi connectivity index (χ0v) is 14.3. The highest BCUT2D eigenvalue weighted by Crippen LogP contribution is 2.32. The number of pyridine rings is 1. The number of primary amides is 1. The Morgan fingerprint density at radius 3 is 2.50 bits per heavy atom. The van der Waals surface area contributed by atoms with Gasteiger partial charge in [-0.2, -0.15) is 0 Å². The first kappa shape index (κ1) is 17.8. The van der Waals surface area contributed by atoms with Gasteiger partial charge in [0.1, 0.15) is 11.7 Å². The molecule has 1 amide bonds. The molecule has 0 spiro atoms. The largest absolute Gasteiger partial charge is 0.369 e. The lowest BCUT2D eigenvalue weighted by atomic mass is 9.93. The van der Waals surface area contributed by atoms with Crippen LogP contribution in [0, 0.1) is 5.82 Å². The number of carbonyl (C=O) groups is 2. The Hall–Kier alpha value is -3.05. The number of aldehydes is 1. The van der Waals surface area contributed by atoms with Crippen LogP contribution in [0.4, 0.5) is 4.39 Å². The van der Waals surface area contributed by atoms with Gasteiger partial charge in [0, 0.05) is 21.7 Å². The van der Waals surface area contributed by atoms with E-state index in [4.69, 9.17) is 17.3 Å². The summed E-state index contributed by atoms with van der Waals surface area (Å²) in [4.78, 5) is 27.8. The smallest absolute Gasteiger partial charge is 0.231 e. The first-order chi connectivity index (χ1) is 12.5. The Balaban J connectivity index is 2.16. The van der Waals surface area contributed by atoms with Crippen molar-refractivity contribution in [2.45, 2.75) is 5.92 Å². The van der Waals surface area contributed by atoms with E-state index in [9.17, 15) is 14.0 Å². The van der Waals surface area contributed by atoms with Gasteiger partial charge in [-0.15, -0.1) is 0 Å². The zero-order chi connectivity index (χ0) is 18.7. The summed E-state index contributed by atoms with van der Waals surface area (Å²) < 4.78 is 14.3. The van der Waals surface area contributed by atoms with E-state index < -0.39 is 17.6 Å². The standard InChI is InChI=1S/C20H14ClFN2O2/c21-14-7-3-8-15(22)18(14)19(20(23)26)17-10-4-9-16(24-17)13-6-2-1-5-12(13)11-25/h1-11,19H,(H2,23,26). The van der Waals surface area contributed by atoms with Crippen LogP contribution < -0.4 is 5.73 Å². The SMILES string of the molecule is NC(=O)C(c1cccc(-c2ccccc2C=O)n1)c1c(F)cccc1Cl. The predicted octanol–water partition coefficient (Wildman–Crippen LogP) is 3.97. The topological polar surface area (TPSA) is 73.1 Å². The number of nitrogens with two attached hydrogens (primary N) is 1. The number of benzene rings is 2. The molecule has 6 heteroatoms. The van der Waals surface area contributed by atoms with Crippen LogP contribution in [0.5, 0.6) is 0 Å².